The first-order valence-electron chi connectivity index (χ1n) is 9.93. The Hall–Kier alpha value is -2.84. The van der Waals surface area contributed by atoms with E-state index >= 15 is 0 Å². The molecule has 1 amide bonds. The highest BCUT2D eigenvalue weighted by Gasteiger charge is 2.50. The lowest BCUT2D eigenvalue weighted by Gasteiger charge is -2.46. The maximum Gasteiger partial charge on any atom is 0.356 e. The first-order valence-corrected chi connectivity index (χ1v) is 11.9. The molecule has 32 heavy (non-hydrogen) atoms. The van der Waals surface area contributed by atoms with E-state index in [2.05, 4.69) is 15.9 Å². The number of rotatable bonds is 6. The van der Waals surface area contributed by atoms with E-state index < -0.39 is 18.0 Å². The van der Waals surface area contributed by atoms with Gasteiger partial charge in [-0.2, -0.15) is 0 Å². The fourth-order valence-electron chi connectivity index (χ4n) is 3.61. The monoisotopic (exact) mass is 513 g/mol. The van der Waals surface area contributed by atoms with Crippen molar-refractivity contribution < 1.29 is 23.9 Å². The average Bonchev–Trinajstić information content (AvgIpc) is 2.81. The molecule has 2 aliphatic rings. The topological polar surface area (TPSA) is 72.9 Å². The predicted octanol–water partition coefficient (Wildman–Crippen LogP) is 4.33. The van der Waals surface area contributed by atoms with Crippen molar-refractivity contribution in [3.8, 4) is 0 Å². The van der Waals surface area contributed by atoms with Crippen molar-refractivity contribution in [3.05, 3.63) is 93.6 Å². The van der Waals surface area contributed by atoms with Crippen molar-refractivity contribution in [1.82, 2.24) is 4.90 Å². The third-order valence-corrected chi connectivity index (χ3v) is 6.94. The van der Waals surface area contributed by atoms with E-state index in [1.807, 2.05) is 60.7 Å². The third kappa shape index (κ3) is 4.38. The van der Waals surface area contributed by atoms with Gasteiger partial charge in [-0.1, -0.05) is 76.6 Å². The first kappa shape index (κ1) is 22.4. The van der Waals surface area contributed by atoms with Crippen molar-refractivity contribution in [1.29, 1.82) is 0 Å². The largest absolute Gasteiger partial charge is 0.461 e. The fraction of sp³-hybridized carbons (Fsp3) is 0.208. The standard InChI is InChI=1S/C24H20BrNO5S/c1-15(27)30-13-18-14-32-23-19(12-25)22(28)26(23)20(18)24(29)31-21(16-8-4-2-5-9-16)17-10-6-3-7-11-17/h2-12,21,23H,13-14H2,1H3/b19-12+/t23-/m1/s1. The van der Waals surface area contributed by atoms with Crippen LogP contribution in [0, 0.1) is 0 Å². The highest BCUT2D eigenvalue weighted by Crippen LogP contribution is 2.44. The van der Waals surface area contributed by atoms with Crippen LogP contribution in [0.4, 0.5) is 0 Å². The highest BCUT2D eigenvalue weighted by molar-refractivity contribution is 9.11. The minimum absolute atomic E-state index is 0.0715. The summed E-state index contributed by atoms with van der Waals surface area (Å²) in [6.07, 6.45) is -0.650. The molecule has 6 nitrogen and oxygen atoms in total. The highest BCUT2D eigenvalue weighted by atomic mass is 79.9. The number of halogens is 1. The van der Waals surface area contributed by atoms with Crippen molar-refractivity contribution in [2.24, 2.45) is 0 Å². The molecule has 0 bridgehead atoms. The van der Waals surface area contributed by atoms with Crippen LogP contribution in [0.2, 0.25) is 0 Å². The van der Waals surface area contributed by atoms with Crippen LogP contribution >= 0.6 is 27.7 Å². The number of β-lactam (4-membered cyclic amide) rings is 1. The van der Waals surface area contributed by atoms with E-state index in [4.69, 9.17) is 9.47 Å². The fourth-order valence-corrected chi connectivity index (χ4v) is 5.51. The molecule has 164 valence electrons. The summed E-state index contributed by atoms with van der Waals surface area (Å²) in [5, 5.41) is -0.280. The van der Waals surface area contributed by atoms with Gasteiger partial charge in [0.25, 0.3) is 5.91 Å². The summed E-state index contributed by atoms with van der Waals surface area (Å²) in [4.78, 5) is 40.6. The zero-order valence-corrected chi connectivity index (χ0v) is 19.6. The Kier molecular flexibility index (Phi) is 6.81. The maximum atomic E-state index is 13.5. The first-order chi connectivity index (χ1) is 15.5. The van der Waals surface area contributed by atoms with Crippen LogP contribution in [0.15, 0.2) is 82.5 Å². The average molecular weight is 514 g/mol. The number of fused-ring (bicyclic) bond motifs is 1. The molecule has 0 radical (unpaired) electrons. The number of benzene rings is 2. The Bertz CT molecular complexity index is 1060. The van der Waals surface area contributed by atoms with Crippen LogP contribution in [0.3, 0.4) is 0 Å². The number of thioether (sulfide) groups is 1. The molecule has 0 N–H and O–H groups in total. The van der Waals surface area contributed by atoms with Gasteiger partial charge in [0.1, 0.15) is 17.7 Å². The lowest BCUT2D eigenvalue weighted by Crippen LogP contribution is -2.56. The van der Waals surface area contributed by atoms with E-state index in [9.17, 15) is 14.4 Å². The molecule has 2 aromatic carbocycles. The summed E-state index contributed by atoms with van der Waals surface area (Å²) in [7, 11) is 0. The van der Waals surface area contributed by atoms with Gasteiger partial charge in [-0.15, -0.1) is 11.8 Å². The molecule has 0 saturated carbocycles. The van der Waals surface area contributed by atoms with Crippen LogP contribution in [0.25, 0.3) is 0 Å². The molecule has 0 spiro atoms. The number of nitrogens with zero attached hydrogens (tertiary/aromatic N) is 1. The number of carbonyl (C=O) groups is 3. The van der Waals surface area contributed by atoms with E-state index in [0.717, 1.165) is 11.1 Å². The van der Waals surface area contributed by atoms with Gasteiger partial charge in [-0.25, -0.2) is 4.79 Å². The molecule has 1 saturated heterocycles. The minimum atomic E-state index is -0.650. The van der Waals surface area contributed by atoms with E-state index in [-0.39, 0.29) is 23.6 Å². The molecule has 0 unspecified atom stereocenters. The molecule has 4 rings (SSSR count). The van der Waals surface area contributed by atoms with E-state index in [0.29, 0.717) is 16.9 Å². The van der Waals surface area contributed by atoms with Crippen molar-refractivity contribution in [3.63, 3.8) is 0 Å². The lowest BCUT2D eigenvalue weighted by atomic mass is 10.0. The summed E-state index contributed by atoms with van der Waals surface area (Å²) in [6, 6.07) is 18.9. The molecule has 2 heterocycles. The summed E-state index contributed by atoms with van der Waals surface area (Å²) in [5.41, 5.74) is 2.90. The van der Waals surface area contributed by atoms with Gasteiger partial charge in [-0.05, 0) is 16.1 Å². The van der Waals surface area contributed by atoms with Gasteiger partial charge in [0.2, 0.25) is 0 Å². The number of amides is 1. The number of ether oxygens (including phenoxy) is 2. The van der Waals surface area contributed by atoms with Gasteiger partial charge in [-0.3, -0.25) is 14.5 Å². The lowest BCUT2D eigenvalue weighted by molar-refractivity contribution is -0.149. The van der Waals surface area contributed by atoms with Crippen molar-refractivity contribution >= 4 is 45.5 Å². The molecular weight excluding hydrogens is 494 g/mol. The smallest absolute Gasteiger partial charge is 0.356 e. The zero-order valence-electron chi connectivity index (χ0n) is 17.2. The van der Waals surface area contributed by atoms with Crippen LogP contribution in [-0.2, 0) is 23.9 Å². The molecule has 1 atom stereocenters. The van der Waals surface area contributed by atoms with Crippen LogP contribution in [0.5, 0.6) is 0 Å². The Labute approximate surface area is 198 Å². The minimum Gasteiger partial charge on any atom is -0.461 e. The van der Waals surface area contributed by atoms with Gasteiger partial charge in [0, 0.05) is 18.2 Å². The van der Waals surface area contributed by atoms with Crippen molar-refractivity contribution in [2.75, 3.05) is 12.4 Å². The van der Waals surface area contributed by atoms with E-state index in [1.54, 1.807) is 4.99 Å². The van der Waals surface area contributed by atoms with E-state index in [1.165, 1.54) is 23.6 Å². The van der Waals surface area contributed by atoms with Gasteiger partial charge < -0.3 is 9.47 Å². The van der Waals surface area contributed by atoms with Gasteiger partial charge >= 0.3 is 11.9 Å². The molecule has 0 aliphatic carbocycles. The SMILES string of the molecule is CC(=O)OCC1=C(C(=O)OC(c2ccccc2)c2ccccc2)N2C(=O)/C(=C\Br)[C@H]2SC1. The maximum absolute atomic E-state index is 13.5. The second kappa shape index (κ2) is 9.75. The number of hydrogen-bond donors (Lipinski definition) is 0. The molecular formula is C24H20BrNO5S. The van der Waals surface area contributed by atoms with Crippen LogP contribution < -0.4 is 0 Å². The summed E-state index contributed by atoms with van der Waals surface area (Å²) in [6.45, 7) is 1.23. The van der Waals surface area contributed by atoms with Crippen LogP contribution in [0.1, 0.15) is 24.2 Å². The summed E-state index contributed by atoms with van der Waals surface area (Å²) < 4.78 is 11.1. The number of esters is 2. The molecule has 8 heteroatoms. The zero-order chi connectivity index (χ0) is 22.7. The second-order valence-electron chi connectivity index (χ2n) is 7.24. The summed E-state index contributed by atoms with van der Waals surface area (Å²) in [5.74, 6) is -0.920. The molecule has 2 aliphatic heterocycles. The quantitative estimate of drug-likeness (QED) is 0.325. The number of hydrogen-bond acceptors (Lipinski definition) is 6. The van der Waals surface area contributed by atoms with Gasteiger partial charge in [0.15, 0.2) is 6.10 Å². The third-order valence-electron chi connectivity index (χ3n) is 5.15. The van der Waals surface area contributed by atoms with Crippen LogP contribution in [-0.4, -0.2) is 40.5 Å². The predicted molar refractivity (Wildman–Crippen MR) is 125 cm³/mol. The molecule has 1 fully saturated rings. The Morgan fingerprint density at radius 2 is 1.72 bits per heavy atom. The molecule has 2 aromatic rings. The molecule has 0 aromatic heterocycles. The second-order valence-corrected chi connectivity index (χ2v) is 8.77. The Balaban J connectivity index is 1.70. The number of carbonyl (C=O) groups excluding carboxylic acids is 3. The van der Waals surface area contributed by atoms with Gasteiger partial charge in [0.05, 0.1) is 5.57 Å². The Morgan fingerprint density at radius 3 is 2.25 bits per heavy atom. The summed E-state index contributed by atoms with van der Waals surface area (Å²) >= 11 is 4.72. The van der Waals surface area contributed by atoms with Crippen molar-refractivity contribution in [2.45, 2.75) is 18.4 Å². The normalized spacial score (nSPS) is 19.0. The Morgan fingerprint density at radius 1 is 1.12 bits per heavy atom.